The lowest BCUT2D eigenvalue weighted by molar-refractivity contribution is -0.117. The molecule has 0 spiro atoms. The van der Waals surface area contributed by atoms with Crippen LogP contribution in [0.1, 0.15) is 28.2 Å². The van der Waals surface area contributed by atoms with E-state index in [-0.39, 0.29) is 11.8 Å². The molecular weight excluding hydrogens is 394 g/mol. The molecule has 0 saturated carbocycles. The maximum Gasteiger partial charge on any atom is 0.257 e. The molecule has 3 aromatic rings. The van der Waals surface area contributed by atoms with Crippen LogP contribution in [-0.4, -0.2) is 23.3 Å². The molecule has 0 bridgehead atoms. The van der Waals surface area contributed by atoms with Crippen molar-refractivity contribution in [3.05, 3.63) is 63.4 Å². The Labute approximate surface area is 172 Å². The zero-order valence-corrected chi connectivity index (χ0v) is 16.8. The number of nitrogens with zero attached hydrogens (tertiary/aromatic N) is 2. The Morgan fingerprint density at radius 1 is 1.21 bits per heavy atom. The Bertz CT molecular complexity index is 1050. The van der Waals surface area contributed by atoms with Gasteiger partial charge in [0.2, 0.25) is 5.91 Å². The second-order valence-electron chi connectivity index (χ2n) is 6.59. The van der Waals surface area contributed by atoms with Crippen LogP contribution in [0.2, 0.25) is 5.02 Å². The fraction of sp³-hybridized carbons (Fsp3) is 0.190. The number of carbonyl (C=O) groups excluding carboxylic acids is 2. The van der Waals surface area contributed by atoms with E-state index < -0.39 is 0 Å². The molecule has 7 heteroatoms. The Morgan fingerprint density at radius 3 is 2.64 bits per heavy atom. The van der Waals surface area contributed by atoms with Crippen molar-refractivity contribution in [3.8, 4) is 11.3 Å². The minimum atomic E-state index is -0.274. The number of anilines is 2. The van der Waals surface area contributed by atoms with Crippen LogP contribution in [-0.2, 0) is 4.79 Å². The number of aryl methyl sites for hydroxylation is 1. The Balaban J connectivity index is 1.56. The molecule has 2 heterocycles. The van der Waals surface area contributed by atoms with Gasteiger partial charge < -0.3 is 10.2 Å². The smallest absolute Gasteiger partial charge is 0.257 e. The summed E-state index contributed by atoms with van der Waals surface area (Å²) in [6.07, 6.45) is 1.27. The van der Waals surface area contributed by atoms with E-state index >= 15 is 0 Å². The van der Waals surface area contributed by atoms with Crippen LogP contribution in [0.3, 0.4) is 0 Å². The molecule has 1 N–H and O–H groups in total. The van der Waals surface area contributed by atoms with Gasteiger partial charge in [0.05, 0.1) is 22.0 Å². The number of hydrogen-bond acceptors (Lipinski definition) is 4. The second kappa shape index (κ2) is 7.73. The molecule has 28 heavy (non-hydrogen) atoms. The van der Waals surface area contributed by atoms with Crippen molar-refractivity contribution >= 4 is 46.1 Å². The highest BCUT2D eigenvalue weighted by Crippen LogP contribution is 2.30. The molecular formula is C21H18ClN3O2S. The lowest BCUT2D eigenvalue weighted by Crippen LogP contribution is -2.27. The van der Waals surface area contributed by atoms with E-state index in [4.69, 9.17) is 11.6 Å². The highest BCUT2D eigenvalue weighted by Gasteiger charge is 2.26. The molecule has 5 nitrogen and oxygen atoms in total. The van der Waals surface area contributed by atoms with Gasteiger partial charge in [-0.15, -0.1) is 11.3 Å². The summed E-state index contributed by atoms with van der Waals surface area (Å²) in [6, 6.07) is 12.5. The van der Waals surface area contributed by atoms with Crippen LogP contribution >= 0.6 is 22.9 Å². The summed E-state index contributed by atoms with van der Waals surface area (Å²) in [5.41, 5.74) is 3.58. The van der Waals surface area contributed by atoms with E-state index in [2.05, 4.69) is 10.3 Å². The van der Waals surface area contributed by atoms with Crippen molar-refractivity contribution in [2.75, 3.05) is 16.8 Å². The van der Waals surface area contributed by atoms with Gasteiger partial charge in [0.25, 0.3) is 5.91 Å². The van der Waals surface area contributed by atoms with Crippen molar-refractivity contribution in [1.82, 2.24) is 4.98 Å². The van der Waals surface area contributed by atoms with Crippen molar-refractivity contribution < 1.29 is 9.59 Å². The monoisotopic (exact) mass is 411 g/mol. The lowest BCUT2D eigenvalue weighted by Gasteiger charge is -2.19. The first-order chi connectivity index (χ1) is 13.5. The second-order valence-corrected chi connectivity index (χ2v) is 8.09. The number of aromatic nitrogens is 1. The first-order valence-electron chi connectivity index (χ1n) is 8.95. The Morgan fingerprint density at radius 2 is 2.00 bits per heavy atom. The summed E-state index contributed by atoms with van der Waals surface area (Å²) in [5.74, 6) is -0.261. The maximum absolute atomic E-state index is 12.9. The van der Waals surface area contributed by atoms with Crippen LogP contribution in [0.4, 0.5) is 11.4 Å². The molecule has 142 valence electrons. The van der Waals surface area contributed by atoms with Gasteiger partial charge in [-0.2, -0.15) is 0 Å². The lowest BCUT2D eigenvalue weighted by atomic mass is 10.1. The Hall–Kier alpha value is -2.70. The van der Waals surface area contributed by atoms with Crippen LogP contribution in [0.5, 0.6) is 0 Å². The predicted octanol–water partition coefficient (Wildman–Crippen LogP) is 5.15. The van der Waals surface area contributed by atoms with Crippen molar-refractivity contribution in [2.45, 2.75) is 19.8 Å². The fourth-order valence-corrected chi connectivity index (χ4v) is 4.03. The third-order valence-corrected chi connectivity index (χ3v) is 5.63. The minimum Gasteiger partial charge on any atom is -0.322 e. The SMILES string of the molecule is Cc1nc(-c2ccc(NC(=O)c3ccc(Cl)cc3N3CCCC3=O)cc2)cs1. The highest BCUT2D eigenvalue weighted by atomic mass is 35.5. The van der Waals surface area contributed by atoms with Gasteiger partial charge >= 0.3 is 0 Å². The summed E-state index contributed by atoms with van der Waals surface area (Å²) in [4.78, 5) is 31.1. The number of halogens is 1. The predicted molar refractivity (Wildman–Crippen MR) is 113 cm³/mol. The molecule has 0 aliphatic carbocycles. The third-order valence-electron chi connectivity index (χ3n) is 4.63. The standard InChI is InChI=1S/C21H18ClN3O2S/c1-13-23-18(12-28-13)14-4-7-16(8-5-14)24-21(27)17-9-6-15(22)11-19(17)25-10-2-3-20(25)26/h4-9,11-12H,2-3,10H2,1H3,(H,24,27). The topological polar surface area (TPSA) is 62.3 Å². The summed E-state index contributed by atoms with van der Waals surface area (Å²) >= 11 is 7.71. The van der Waals surface area contributed by atoms with Crippen molar-refractivity contribution in [3.63, 3.8) is 0 Å². The van der Waals surface area contributed by atoms with E-state index in [9.17, 15) is 9.59 Å². The molecule has 1 aliphatic heterocycles. The molecule has 4 rings (SSSR count). The van der Waals surface area contributed by atoms with Crippen LogP contribution < -0.4 is 10.2 Å². The molecule has 1 aromatic heterocycles. The zero-order chi connectivity index (χ0) is 19.7. The number of hydrogen-bond donors (Lipinski definition) is 1. The van der Waals surface area contributed by atoms with E-state index in [0.717, 1.165) is 22.7 Å². The fourth-order valence-electron chi connectivity index (χ4n) is 3.24. The van der Waals surface area contributed by atoms with Gasteiger partial charge in [-0.3, -0.25) is 9.59 Å². The molecule has 1 saturated heterocycles. The van der Waals surface area contributed by atoms with Crippen LogP contribution in [0, 0.1) is 6.92 Å². The summed E-state index contributed by atoms with van der Waals surface area (Å²) in [5, 5.41) is 6.42. The molecule has 2 aromatic carbocycles. The number of thiazole rings is 1. The maximum atomic E-state index is 12.9. The first kappa shape index (κ1) is 18.7. The molecule has 1 fully saturated rings. The molecule has 1 aliphatic rings. The van der Waals surface area contributed by atoms with Crippen molar-refractivity contribution in [2.24, 2.45) is 0 Å². The average molecular weight is 412 g/mol. The molecule has 0 radical (unpaired) electrons. The van der Waals surface area contributed by atoms with E-state index in [1.807, 2.05) is 36.6 Å². The van der Waals surface area contributed by atoms with Crippen LogP contribution in [0.15, 0.2) is 47.8 Å². The van der Waals surface area contributed by atoms with Gasteiger partial charge in [0.15, 0.2) is 0 Å². The zero-order valence-electron chi connectivity index (χ0n) is 15.2. The van der Waals surface area contributed by atoms with E-state index in [1.165, 1.54) is 0 Å². The number of amides is 2. The van der Waals surface area contributed by atoms with Gasteiger partial charge in [-0.1, -0.05) is 23.7 Å². The number of rotatable bonds is 4. The summed E-state index contributed by atoms with van der Waals surface area (Å²) in [7, 11) is 0. The highest BCUT2D eigenvalue weighted by molar-refractivity contribution is 7.09. The minimum absolute atomic E-state index is 0.0132. The van der Waals surface area contributed by atoms with E-state index in [1.54, 1.807) is 34.4 Å². The molecule has 2 amide bonds. The Kier molecular flexibility index (Phi) is 5.15. The summed E-state index contributed by atoms with van der Waals surface area (Å²) in [6.45, 7) is 2.57. The van der Waals surface area contributed by atoms with Gasteiger partial charge in [-0.05, 0) is 43.7 Å². The van der Waals surface area contributed by atoms with Crippen molar-refractivity contribution in [1.29, 1.82) is 0 Å². The van der Waals surface area contributed by atoms with Gasteiger partial charge in [-0.25, -0.2) is 4.98 Å². The third kappa shape index (κ3) is 3.79. The number of carbonyl (C=O) groups is 2. The first-order valence-corrected chi connectivity index (χ1v) is 10.2. The van der Waals surface area contributed by atoms with E-state index in [0.29, 0.717) is 34.9 Å². The van der Waals surface area contributed by atoms with Gasteiger partial charge in [0, 0.05) is 34.6 Å². The molecule has 0 atom stereocenters. The number of nitrogens with one attached hydrogen (secondary N) is 1. The molecule has 0 unspecified atom stereocenters. The van der Waals surface area contributed by atoms with Crippen LogP contribution in [0.25, 0.3) is 11.3 Å². The summed E-state index contributed by atoms with van der Waals surface area (Å²) < 4.78 is 0. The average Bonchev–Trinajstić information content (AvgIpc) is 3.30. The number of benzene rings is 2. The quantitative estimate of drug-likeness (QED) is 0.645. The van der Waals surface area contributed by atoms with Gasteiger partial charge in [0.1, 0.15) is 0 Å². The normalized spacial score (nSPS) is 13.8. The largest absolute Gasteiger partial charge is 0.322 e.